The van der Waals surface area contributed by atoms with Crippen LogP contribution in [-0.2, 0) is 5.54 Å². The van der Waals surface area contributed by atoms with Crippen LogP contribution in [0.4, 0.5) is 17.5 Å². The molecule has 2 spiro atoms. The molecule has 3 aromatic rings. The maximum Gasteiger partial charge on any atom is 0.268 e. The average molecular weight is 513 g/mol. The highest BCUT2D eigenvalue weighted by molar-refractivity contribution is 5.99. The van der Waals surface area contributed by atoms with Gasteiger partial charge in [0.2, 0.25) is 5.95 Å². The molecule has 2 aliphatic heterocycles. The lowest BCUT2D eigenvalue weighted by Gasteiger charge is -2.44. The van der Waals surface area contributed by atoms with Gasteiger partial charge in [-0.15, -0.1) is 0 Å². The second kappa shape index (κ2) is 7.91. The van der Waals surface area contributed by atoms with E-state index in [0.29, 0.717) is 29.1 Å². The monoisotopic (exact) mass is 512 g/mol. The van der Waals surface area contributed by atoms with Crippen LogP contribution in [0, 0.1) is 5.41 Å². The summed E-state index contributed by atoms with van der Waals surface area (Å²) in [5.41, 5.74) is 3.59. The Morgan fingerprint density at radius 1 is 1.00 bits per heavy atom. The molecule has 0 aromatic carbocycles. The van der Waals surface area contributed by atoms with E-state index in [1.54, 1.807) is 0 Å². The van der Waals surface area contributed by atoms with E-state index in [-0.39, 0.29) is 11.4 Å². The summed E-state index contributed by atoms with van der Waals surface area (Å²) in [7, 11) is 0. The number of pyridine rings is 1. The number of carbonyl (C=O) groups excluding carboxylic acids is 1. The van der Waals surface area contributed by atoms with Gasteiger partial charge in [-0.2, -0.15) is 4.98 Å². The third-order valence-corrected chi connectivity index (χ3v) is 10.0. The van der Waals surface area contributed by atoms with E-state index in [9.17, 15) is 4.79 Å². The number of aromatic nitrogens is 4. The number of hydrogen-bond acceptors (Lipinski definition) is 7. The average Bonchev–Trinajstić information content (AvgIpc) is 3.75. The van der Waals surface area contributed by atoms with Gasteiger partial charge in [-0.1, -0.05) is 19.8 Å². The van der Waals surface area contributed by atoms with Gasteiger partial charge in [0.05, 0.1) is 17.4 Å². The largest absolute Gasteiger partial charge is 0.367 e. The fourth-order valence-electron chi connectivity index (χ4n) is 7.24. The molecule has 2 N–H and O–H groups in total. The maximum absolute atomic E-state index is 12.6. The van der Waals surface area contributed by atoms with Gasteiger partial charge in [0.25, 0.3) is 5.91 Å². The molecule has 0 unspecified atom stereocenters. The molecule has 198 valence electrons. The van der Waals surface area contributed by atoms with E-state index in [2.05, 4.69) is 43.0 Å². The van der Waals surface area contributed by atoms with Crippen molar-refractivity contribution >= 4 is 34.4 Å². The topological polar surface area (TPSA) is 91.2 Å². The molecular weight excluding hydrogens is 476 g/mol. The Morgan fingerprint density at radius 2 is 1.84 bits per heavy atom. The summed E-state index contributed by atoms with van der Waals surface area (Å²) in [4.78, 5) is 32.1. The van der Waals surface area contributed by atoms with Gasteiger partial charge < -0.3 is 20.1 Å². The van der Waals surface area contributed by atoms with Crippen LogP contribution in [0.1, 0.15) is 68.8 Å². The van der Waals surface area contributed by atoms with Crippen LogP contribution in [0.15, 0.2) is 30.6 Å². The summed E-state index contributed by atoms with van der Waals surface area (Å²) >= 11 is 0. The Balaban J connectivity index is 1.01. The Bertz CT molecular complexity index is 1410. The first-order valence-electron chi connectivity index (χ1n) is 14.3. The SMILES string of the molecule is CC1(CN2CCN(c3ccc(Nc4ncc5cc6n(c5n4)C4(CCCC4)CNC6=O)nc3)CC23CC3)CC1. The van der Waals surface area contributed by atoms with E-state index >= 15 is 0 Å². The van der Waals surface area contributed by atoms with E-state index in [4.69, 9.17) is 9.97 Å². The molecule has 38 heavy (non-hydrogen) atoms. The third kappa shape index (κ3) is 3.61. The molecule has 3 aromatic heterocycles. The first-order chi connectivity index (χ1) is 18.4. The molecule has 9 nitrogen and oxygen atoms in total. The maximum atomic E-state index is 12.6. The lowest BCUT2D eigenvalue weighted by Crippen LogP contribution is -2.56. The predicted octanol–water partition coefficient (Wildman–Crippen LogP) is 4.04. The summed E-state index contributed by atoms with van der Waals surface area (Å²) in [5, 5.41) is 7.31. The number of hydrogen-bond donors (Lipinski definition) is 2. The minimum Gasteiger partial charge on any atom is -0.367 e. The minimum atomic E-state index is -0.0736. The van der Waals surface area contributed by atoms with Crippen molar-refractivity contribution in [1.29, 1.82) is 0 Å². The van der Waals surface area contributed by atoms with Crippen molar-refractivity contribution in [1.82, 2.24) is 29.7 Å². The molecule has 9 heteroatoms. The number of nitrogens with zero attached hydrogens (tertiary/aromatic N) is 6. The molecule has 0 bridgehead atoms. The zero-order valence-electron chi connectivity index (χ0n) is 22.2. The van der Waals surface area contributed by atoms with Gasteiger partial charge in [0.1, 0.15) is 17.2 Å². The van der Waals surface area contributed by atoms with Gasteiger partial charge in [-0.25, -0.2) is 9.97 Å². The second-order valence-corrected chi connectivity index (χ2v) is 12.9. The molecular formula is C29H36N8O. The van der Waals surface area contributed by atoms with Crippen LogP contribution < -0.4 is 15.5 Å². The molecule has 8 rings (SSSR count). The molecule has 1 amide bonds. The van der Waals surface area contributed by atoms with Crippen LogP contribution in [0.5, 0.6) is 0 Å². The van der Waals surface area contributed by atoms with Crippen molar-refractivity contribution in [3.63, 3.8) is 0 Å². The van der Waals surface area contributed by atoms with Gasteiger partial charge in [0, 0.05) is 49.8 Å². The van der Waals surface area contributed by atoms with Gasteiger partial charge in [0.15, 0.2) is 0 Å². The standard InChI is InChI=1S/C29H36N8O/c1-27(8-9-27)18-36-13-12-35(19-29(36)10-11-29)21-4-5-23(30-16-21)33-26-31-15-20-14-22-25(38)32-17-28(6-2-3-7-28)37(22)24(20)34-26/h4-5,14-16H,2-3,6-13,17-19H2,1H3,(H,32,38)(H,30,31,33,34). The molecule has 4 fully saturated rings. The Morgan fingerprint density at radius 3 is 2.58 bits per heavy atom. The van der Waals surface area contributed by atoms with Gasteiger partial charge in [-0.3, -0.25) is 9.69 Å². The summed E-state index contributed by atoms with van der Waals surface area (Å²) in [6.07, 6.45) is 13.7. The van der Waals surface area contributed by atoms with Gasteiger partial charge >= 0.3 is 0 Å². The predicted molar refractivity (Wildman–Crippen MR) is 147 cm³/mol. The number of fused-ring (bicyclic) bond motifs is 4. The second-order valence-electron chi connectivity index (χ2n) is 12.9. The summed E-state index contributed by atoms with van der Waals surface area (Å²) in [5.74, 6) is 1.22. The first kappa shape index (κ1) is 22.8. The highest BCUT2D eigenvalue weighted by atomic mass is 16.2. The number of rotatable bonds is 5. The normalized spacial score (nSPS) is 24.6. The number of carbonyl (C=O) groups is 1. The Hall–Kier alpha value is -3.20. The zero-order chi connectivity index (χ0) is 25.5. The van der Waals surface area contributed by atoms with Crippen molar-refractivity contribution < 1.29 is 4.79 Å². The van der Waals surface area contributed by atoms with Crippen molar-refractivity contribution in [2.75, 3.05) is 42.9 Å². The molecule has 0 radical (unpaired) electrons. The fraction of sp³-hybridized carbons (Fsp3) is 0.586. The van der Waals surface area contributed by atoms with Crippen LogP contribution in [0.3, 0.4) is 0 Å². The molecule has 0 atom stereocenters. The first-order valence-corrected chi connectivity index (χ1v) is 14.3. The van der Waals surface area contributed by atoms with Crippen LogP contribution >= 0.6 is 0 Å². The van der Waals surface area contributed by atoms with Gasteiger partial charge in [-0.05, 0) is 62.1 Å². The fourth-order valence-corrected chi connectivity index (χ4v) is 7.24. The van der Waals surface area contributed by atoms with Crippen molar-refractivity contribution in [3.8, 4) is 0 Å². The van der Waals surface area contributed by atoms with E-state index in [0.717, 1.165) is 49.3 Å². The Labute approximate surface area is 223 Å². The lowest BCUT2D eigenvalue weighted by molar-refractivity contribution is 0.0876. The summed E-state index contributed by atoms with van der Waals surface area (Å²) in [6, 6.07) is 6.12. The van der Waals surface area contributed by atoms with E-state index in [1.807, 2.05) is 24.5 Å². The van der Waals surface area contributed by atoms with Crippen LogP contribution in [0.2, 0.25) is 0 Å². The number of anilines is 3. The van der Waals surface area contributed by atoms with Crippen LogP contribution in [0.25, 0.3) is 11.0 Å². The Kier molecular flexibility index (Phi) is 4.74. The summed E-state index contributed by atoms with van der Waals surface area (Å²) in [6.45, 7) is 7.69. The number of nitrogens with one attached hydrogen (secondary N) is 2. The molecule has 3 saturated carbocycles. The van der Waals surface area contributed by atoms with E-state index in [1.165, 1.54) is 50.8 Å². The smallest absolute Gasteiger partial charge is 0.268 e. The number of amides is 1. The molecule has 3 aliphatic carbocycles. The minimum absolute atomic E-state index is 0.0251. The van der Waals surface area contributed by atoms with Crippen molar-refractivity contribution in [2.24, 2.45) is 5.41 Å². The third-order valence-electron chi connectivity index (χ3n) is 10.0. The zero-order valence-corrected chi connectivity index (χ0v) is 22.2. The number of piperazine rings is 1. The van der Waals surface area contributed by atoms with Crippen molar-refractivity contribution in [2.45, 2.75) is 69.4 Å². The van der Waals surface area contributed by atoms with E-state index < -0.39 is 0 Å². The van der Waals surface area contributed by atoms with Crippen LogP contribution in [-0.4, -0.2) is 68.6 Å². The highest BCUT2D eigenvalue weighted by Gasteiger charge is 2.54. The molecule has 5 aliphatic rings. The summed E-state index contributed by atoms with van der Waals surface area (Å²) < 4.78 is 2.19. The lowest BCUT2D eigenvalue weighted by atomic mass is 9.94. The molecule has 1 saturated heterocycles. The quantitative estimate of drug-likeness (QED) is 0.533. The van der Waals surface area contributed by atoms with Crippen molar-refractivity contribution in [3.05, 3.63) is 36.3 Å². The highest BCUT2D eigenvalue weighted by Crippen LogP contribution is 2.51. The molecule has 5 heterocycles.